The molecule has 1 heteroatoms. The summed E-state index contributed by atoms with van der Waals surface area (Å²) < 4.78 is 0. The van der Waals surface area contributed by atoms with Gasteiger partial charge >= 0.3 is 0 Å². The number of aryl methyl sites for hydroxylation is 2. The summed E-state index contributed by atoms with van der Waals surface area (Å²) in [6.45, 7) is 9.14. The van der Waals surface area contributed by atoms with Crippen LogP contribution in [0, 0.1) is 13.8 Å². The van der Waals surface area contributed by atoms with Crippen LogP contribution in [0.5, 0.6) is 0 Å². The summed E-state index contributed by atoms with van der Waals surface area (Å²) in [5.74, 6) is 0. The predicted molar refractivity (Wildman–Crippen MR) is 222 cm³/mol. The van der Waals surface area contributed by atoms with Crippen molar-refractivity contribution < 1.29 is 0 Å². The minimum atomic E-state index is -0.0882. The van der Waals surface area contributed by atoms with Crippen LogP contribution in [0.4, 0.5) is 17.1 Å². The molecule has 0 fully saturated rings. The highest BCUT2D eigenvalue weighted by Crippen LogP contribution is 2.51. The van der Waals surface area contributed by atoms with Gasteiger partial charge in [-0.3, -0.25) is 0 Å². The molecule has 0 heterocycles. The second-order valence-electron chi connectivity index (χ2n) is 14.7. The van der Waals surface area contributed by atoms with Crippen LogP contribution in [-0.4, -0.2) is 0 Å². The maximum absolute atomic E-state index is 2.41. The van der Waals surface area contributed by atoms with Gasteiger partial charge < -0.3 is 4.90 Å². The largest absolute Gasteiger partial charge is 0.310 e. The molecule has 0 aromatic heterocycles. The van der Waals surface area contributed by atoms with Gasteiger partial charge in [-0.05, 0) is 134 Å². The summed E-state index contributed by atoms with van der Waals surface area (Å²) >= 11 is 0. The lowest BCUT2D eigenvalue weighted by Crippen LogP contribution is -2.16. The van der Waals surface area contributed by atoms with E-state index in [1.807, 2.05) is 0 Å². The maximum atomic E-state index is 2.41. The average Bonchev–Trinajstić information content (AvgIpc) is 3.41. The Kier molecular flexibility index (Phi) is 7.67. The number of hydrogen-bond acceptors (Lipinski definition) is 1. The van der Waals surface area contributed by atoms with Gasteiger partial charge in [0.15, 0.2) is 0 Å². The Morgan fingerprint density at radius 1 is 0.365 bits per heavy atom. The van der Waals surface area contributed by atoms with Crippen LogP contribution in [0.25, 0.3) is 55.3 Å². The molecular weight excluding hydrogens is 627 g/mol. The Morgan fingerprint density at radius 2 is 0.962 bits per heavy atom. The van der Waals surface area contributed by atoms with Crippen molar-refractivity contribution in [1.29, 1.82) is 0 Å². The molecule has 0 N–H and O–H groups in total. The van der Waals surface area contributed by atoms with E-state index in [0.717, 1.165) is 17.1 Å². The molecule has 0 spiro atoms. The number of benzene rings is 8. The van der Waals surface area contributed by atoms with Crippen LogP contribution >= 0.6 is 0 Å². The van der Waals surface area contributed by atoms with Crippen molar-refractivity contribution in [2.75, 3.05) is 4.90 Å². The molecule has 0 amide bonds. The van der Waals surface area contributed by atoms with Crippen LogP contribution in [0.15, 0.2) is 176 Å². The van der Waals surface area contributed by atoms with Crippen molar-refractivity contribution >= 4 is 27.8 Å². The van der Waals surface area contributed by atoms with E-state index in [9.17, 15) is 0 Å². The maximum Gasteiger partial charge on any atom is 0.0467 e. The molecule has 0 atom stereocenters. The van der Waals surface area contributed by atoms with Crippen molar-refractivity contribution in [3.8, 4) is 44.5 Å². The normalized spacial score (nSPS) is 12.8. The molecule has 0 unspecified atom stereocenters. The quantitative estimate of drug-likeness (QED) is 0.171. The zero-order valence-corrected chi connectivity index (χ0v) is 30.2. The van der Waals surface area contributed by atoms with Gasteiger partial charge in [-0.2, -0.15) is 0 Å². The van der Waals surface area contributed by atoms with Crippen molar-refractivity contribution in [2.24, 2.45) is 0 Å². The highest BCUT2D eigenvalue weighted by atomic mass is 15.1. The third kappa shape index (κ3) is 5.33. The Balaban J connectivity index is 1.15. The van der Waals surface area contributed by atoms with Gasteiger partial charge in [0.2, 0.25) is 0 Å². The number of anilines is 3. The molecule has 0 radical (unpaired) electrons. The number of fused-ring (bicyclic) bond motifs is 4. The van der Waals surface area contributed by atoms with E-state index in [1.165, 1.54) is 77.5 Å². The predicted octanol–water partition coefficient (Wildman–Crippen LogP) is 14.2. The molecule has 0 saturated carbocycles. The topological polar surface area (TPSA) is 3.24 Å². The van der Waals surface area contributed by atoms with Gasteiger partial charge in [-0.15, -0.1) is 0 Å². The van der Waals surface area contributed by atoms with Crippen molar-refractivity contribution in [3.05, 3.63) is 198 Å². The summed E-state index contributed by atoms with van der Waals surface area (Å²) in [7, 11) is 0. The SMILES string of the molecule is Cc1ccc(-c2ccc(N(c3cccc(-c4ccccc4)c3)c3ccc4c(c3)C(C)(C)c3ccccc3-4)cc2)cc1-c1cccc2cccc(C)c12. The summed E-state index contributed by atoms with van der Waals surface area (Å²) in [5.41, 5.74) is 18.7. The lowest BCUT2D eigenvalue weighted by molar-refractivity contribution is 0.660. The number of rotatable bonds is 6. The Hall–Kier alpha value is -6.18. The first-order chi connectivity index (χ1) is 25.4. The fourth-order valence-corrected chi connectivity index (χ4v) is 8.38. The van der Waals surface area contributed by atoms with E-state index in [-0.39, 0.29) is 5.41 Å². The van der Waals surface area contributed by atoms with E-state index < -0.39 is 0 Å². The zero-order chi connectivity index (χ0) is 35.4. The van der Waals surface area contributed by atoms with E-state index in [2.05, 4.69) is 209 Å². The highest BCUT2D eigenvalue weighted by molar-refractivity contribution is 6.00. The fourth-order valence-electron chi connectivity index (χ4n) is 8.38. The van der Waals surface area contributed by atoms with Crippen LogP contribution in [-0.2, 0) is 5.41 Å². The van der Waals surface area contributed by atoms with Crippen LogP contribution in [0.2, 0.25) is 0 Å². The molecule has 1 aliphatic carbocycles. The molecule has 250 valence electrons. The van der Waals surface area contributed by atoms with Gasteiger partial charge in [0.05, 0.1) is 0 Å². The molecule has 8 aromatic rings. The smallest absolute Gasteiger partial charge is 0.0467 e. The van der Waals surface area contributed by atoms with Crippen molar-refractivity contribution in [1.82, 2.24) is 0 Å². The van der Waals surface area contributed by atoms with Gasteiger partial charge in [-0.1, -0.05) is 147 Å². The highest BCUT2D eigenvalue weighted by Gasteiger charge is 2.35. The van der Waals surface area contributed by atoms with E-state index in [4.69, 9.17) is 0 Å². The Bertz CT molecular complexity index is 2600. The number of nitrogens with zero attached hydrogens (tertiary/aromatic N) is 1. The molecular formula is C51H41N. The lowest BCUT2D eigenvalue weighted by Gasteiger charge is -2.28. The number of hydrogen-bond donors (Lipinski definition) is 0. The zero-order valence-electron chi connectivity index (χ0n) is 30.2. The van der Waals surface area contributed by atoms with Crippen LogP contribution in [0.3, 0.4) is 0 Å². The molecule has 1 aliphatic rings. The van der Waals surface area contributed by atoms with Gasteiger partial charge in [0, 0.05) is 22.5 Å². The minimum absolute atomic E-state index is 0.0882. The molecule has 0 aliphatic heterocycles. The second kappa shape index (κ2) is 12.5. The Labute approximate surface area is 307 Å². The first kappa shape index (κ1) is 31.8. The van der Waals surface area contributed by atoms with Gasteiger partial charge in [0.25, 0.3) is 0 Å². The molecule has 1 nitrogen and oxygen atoms in total. The van der Waals surface area contributed by atoms with E-state index in [0.29, 0.717) is 0 Å². The molecule has 0 bridgehead atoms. The third-order valence-electron chi connectivity index (χ3n) is 11.1. The summed E-state index contributed by atoms with van der Waals surface area (Å²) in [6, 6.07) is 64.7. The first-order valence-electron chi connectivity index (χ1n) is 18.3. The summed E-state index contributed by atoms with van der Waals surface area (Å²) in [6.07, 6.45) is 0. The standard InChI is InChI=1S/C51H41N/c1-34-23-24-40(32-47(34)46-21-12-17-38-16-10-13-35(2)50(38)46)37-25-27-41(28-26-37)52(42-19-11-18-39(31-42)36-14-6-5-7-15-36)43-29-30-45-44-20-8-9-22-48(44)51(3,4)49(45)33-43/h5-33H,1-4H3. The molecule has 9 rings (SSSR count). The monoisotopic (exact) mass is 667 g/mol. The van der Waals surface area contributed by atoms with E-state index in [1.54, 1.807) is 0 Å². The van der Waals surface area contributed by atoms with Crippen LogP contribution < -0.4 is 4.90 Å². The average molecular weight is 668 g/mol. The first-order valence-corrected chi connectivity index (χ1v) is 18.3. The van der Waals surface area contributed by atoms with E-state index >= 15 is 0 Å². The molecule has 52 heavy (non-hydrogen) atoms. The van der Waals surface area contributed by atoms with Gasteiger partial charge in [0.1, 0.15) is 0 Å². The molecule has 0 saturated heterocycles. The molecule has 8 aromatic carbocycles. The van der Waals surface area contributed by atoms with Crippen molar-refractivity contribution in [3.63, 3.8) is 0 Å². The second-order valence-corrected chi connectivity index (χ2v) is 14.7. The fraction of sp³-hybridized carbons (Fsp3) is 0.0980. The lowest BCUT2D eigenvalue weighted by atomic mass is 9.82. The summed E-state index contributed by atoms with van der Waals surface area (Å²) in [5, 5.41) is 2.61. The minimum Gasteiger partial charge on any atom is -0.310 e. The van der Waals surface area contributed by atoms with Crippen molar-refractivity contribution in [2.45, 2.75) is 33.1 Å². The van der Waals surface area contributed by atoms with Crippen LogP contribution in [0.1, 0.15) is 36.1 Å². The summed E-state index contributed by atoms with van der Waals surface area (Å²) in [4.78, 5) is 2.41. The Morgan fingerprint density at radius 3 is 1.79 bits per heavy atom. The third-order valence-corrected chi connectivity index (χ3v) is 11.1. The van der Waals surface area contributed by atoms with Gasteiger partial charge in [-0.25, -0.2) is 0 Å².